The van der Waals surface area contributed by atoms with Gasteiger partial charge in [0.15, 0.2) is 0 Å². The number of pyridine rings is 1. The maximum Gasteiger partial charge on any atom is 0.126 e. The van der Waals surface area contributed by atoms with Crippen molar-refractivity contribution in [1.82, 2.24) is 15.2 Å². The first-order valence-electron chi connectivity index (χ1n) is 7.33. The zero-order valence-electron chi connectivity index (χ0n) is 11.9. The summed E-state index contributed by atoms with van der Waals surface area (Å²) < 4.78 is 1.08. The SMILES string of the molecule is Nc1cc(N[C@H]2CC[C@@H](O)C2)c2sc(-c3ccn[nH]3)cc2n1. The fourth-order valence-electron chi connectivity index (χ4n) is 2.98. The van der Waals surface area contributed by atoms with Gasteiger partial charge >= 0.3 is 0 Å². The molecule has 6 nitrogen and oxygen atoms in total. The number of thiophene rings is 1. The van der Waals surface area contributed by atoms with Crippen molar-refractivity contribution < 1.29 is 5.11 Å². The standard InChI is InChI=1S/C15H17N5OS/c16-14-7-12(18-8-1-2-9(21)5-8)15-11(19-14)6-13(22-15)10-3-4-17-20-10/h3-4,6-9,21H,1-2,5H2,(H,17,20)(H3,16,18,19)/t8-,9+/m0/s1. The molecule has 4 rings (SSSR count). The van der Waals surface area contributed by atoms with E-state index in [-0.39, 0.29) is 12.1 Å². The number of nitrogens with two attached hydrogens (primary N) is 1. The van der Waals surface area contributed by atoms with Gasteiger partial charge in [0.25, 0.3) is 0 Å². The Kier molecular flexibility index (Phi) is 3.24. The van der Waals surface area contributed by atoms with Gasteiger partial charge in [0.05, 0.1) is 32.6 Å². The minimum Gasteiger partial charge on any atom is -0.393 e. The third-order valence-corrected chi connectivity index (χ3v) is 5.22. The molecular formula is C15H17N5OS. The van der Waals surface area contributed by atoms with E-state index in [1.54, 1.807) is 17.5 Å². The summed E-state index contributed by atoms with van der Waals surface area (Å²) in [4.78, 5) is 5.50. The molecule has 114 valence electrons. The normalized spacial score (nSPS) is 21.5. The Morgan fingerprint density at radius 2 is 2.27 bits per heavy atom. The number of hydrogen-bond donors (Lipinski definition) is 4. The van der Waals surface area contributed by atoms with Crippen LogP contribution in [0.4, 0.5) is 11.5 Å². The van der Waals surface area contributed by atoms with Gasteiger partial charge in [-0.2, -0.15) is 5.10 Å². The second-order valence-corrected chi connectivity index (χ2v) is 6.75. The number of fused-ring (bicyclic) bond motifs is 1. The summed E-state index contributed by atoms with van der Waals surface area (Å²) in [6, 6.07) is 6.13. The van der Waals surface area contributed by atoms with Crippen LogP contribution in [-0.4, -0.2) is 32.4 Å². The van der Waals surface area contributed by atoms with Crippen LogP contribution in [0, 0.1) is 0 Å². The maximum absolute atomic E-state index is 9.69. The van der Waals surface area contributed by atoms with Crippen LogP contribution in [0.15, 0.2) is 24.4 Å². The summed E-state index contributed by atoms with van der Waals surface area (Å²) in [6.07, 6.45) is 4.15. The highest BCUT2D eigenvalue weighted by molar-refractivity contribution is 7.22. The van der Waals surface area contributed by atoms with Crippen LogP contribution in [-0.2, 0) is 0 Å². The van der Waals surface area contributed by atoms with E-state index in [2.05, 4.69) is 20.5 Å². The number of aromatic nitrogens is 3. The first kappa shape index (κ1) is 13.5. The molecule has 1 aliphatic rings. The molecule has 0 aliphatic heterocycles. The van der Waals surface area contributed by atoms with Crippen molar-refractivity contribution >= 4 is 33.1 Å². The molecule has 0 saturated heterocycles. The maximum atomic E-state index is 9.69. The highest BCUT2D eigenvalue weighted by Gasteiger charge is 2.23. The molecule has 1 saturated carbocycles. The monoisotopic (exact) mass is 315 g/mol. The number of anilines is 2. The fourth-order valence-corrected chi connectivity index (χ4v) is 4.04. The van der Waals surface area contributed by atoms with E-state index in [1.165, 1.54) is 0 Å². The fraction of sp³-hybridized carbons (Fsp3) is 0.333. The number of hydrogen-bond acceptors (Lipinski definition) is 6. The number of nitrogen functional groups attached to an aromatic ring is 1. The second-order valence-electron chi connectivity index (χ2n) is 5.70. The Balaban J connectivity index is 1.73. The number of aliphatic hydroxyl groups excluding tert-OH is 1. The molecule has 22 heavy (non-hydrogen) atoms. The van der Waals surface area contributed by atoms with Gasteiger partial charge in [-0.1, -0.05) is 0 Å². The third-order valence-electron chi connectivity index (χ3n) is 4.03. The molecule has 0 bridgehead atoms. The Morgan fingerprint density at radius 1 is 1.36 bits per heavy atom. The zero-order chi connectivity index (χ0) is 15.1. The van der Waals surface area contributed by atoms with E-state index in [4.69, 9.17) is 5.73 Å². The van der Waals surface area contributed by atoms with Crippen molar-refractivity contribution in [1.29, 1.82) is 0 Å². The minimum absolute atomic E-state index is 0.198. The number of nitrogens with zero attached hydrogens (tertiary/aromatic N) is 2. The van der Waals surface area contributed by atoms with E-state index < -0.39 is 0 Å². The Hall–Kier alpha value is -2.12. The van der Waals surface area contributed by atoms with E-state index in [0.717, 1.165) is 45.7 Å². The summed E-state index contributed by atoms with van der Waals surface area (Å²) in [5, 5.41) is 20.2. The Morgan fingerprint density at radius 3 is 3.00 bits per heavy atom. The molecular weight excluding hydrogens is 298 g/mol. The van der Waals surface area contributed by atoms with Crippen LogP contribution in [0.2, 0.25) is 0 Å². The highest BCUT2D eigenvalue weighted by atomic mass is 32.1. The van der Waals surface area contributed by atoms with Gasteiger partial charge in [0.1, 0.15) is 5.82 Å². The first-order chi connectivity index (χ1) is 10.7. The predicted octanol–water partition coefficient (Wildman–Crippen LogP) is 2.59. The van der Waals surface area contributed by atoms with Crippen LogP contribution in [0.5, 0.6) is 0 Å². The number of rotatable bonds is 3. The lowest BCUT2D eigenvalue weighted by molar-refractivity contribution is 0.182. The van der Waals surface area contributed by atoms with Crippen molar-refractivity contribution in [3.8, 4) is 10.6 Å². The Labute approximate surface area is 131 Å². The summed E-state index contributed by atoms with van der Waals surface area (Å²) >= 11 is 1.66. The van der Waals surface area contributed by atoms with E-state index >= 15 is 0 Å². The summed E-state index contributed by atoms with van der Waals surface area (Å²) in [5.41, 5.74) is 8.80. The van der Waals surface area contributed by atoms with E-state index in [0.29, 0.717) is 5.82 Å². The number of nitrogens with one attached hydrogen (secondary N) is 2. The molecule has 0 radical (unpaired) electrons. The molecule has 5 N–H and O–H groups in total. The molecule has 3 aromatic heterocycles. The van der Waals surface area contributed by atoms with Gasteiger partial charge in [-0.15, -0.1) is 11.3 Å². The molecule has 0 unspecified atom stereocenters. The quantitative estimate of drug-likeness (QED) is 0.595. The molecule has 3 aromatic rings. The molecule has 3 heterocycles. The van der Waals surface area contributed by atoms with E-state index in [1.807, 2.05) is 18.2 Å². The number of aromatic amines is 1. The van der Waals surface area contributed by atoms with Crippen molar-refractivity contribution in [2.75, 3.05) is 11.1 Å². The molecule has 0 aromatic carbocycles. The first-order valence-corrected chi connectivity index (χ1v) is 8.15. The summed E-state index contributed by atoms with van der Waals surface area (Å²) in [6.45, 7) is 0. The van der Waals surface area contributed by atoms with Crippen LogP contribution in [0.25, 0.3) is 20.8 Å². The number of H-pyrrole nitrogens is 1. The smallest absolute Gasteiger partial charge is 0.126 e. The van der Waals surface area contributed by atoms with E-state index in [9.17, 15) is 5.11 Å². The summed E-state index contributed by atoms with van der Waals surface area (Å²) in [5.74, 6) is 0.502. The number of aliphatic hydroxyl groups is 1. The van der Waals surface area contributed by atoms with Crippen molar-refractivity contribution in [3.05, 3.63) is 24.4 Å². The highest BCUT2D eigenvalue weighted by Crippen LogP contribution is 2.38. The van der Waals surface area contributed by atoms with Crippen molar-refractivity contribution in [2.24, 2.45) is 0 Å². The largest absolute Gasteiger partial charge is 0.393 e. The third kappa shape index (κ3) is 2.42. The minimum atomic E-state index is -0.198. The van der Waals surface area contributed by atoms with Crippen LogP contribution >= 0.6 is 11.3 Å². The van der Waals surface area contributed by atoms with Crippen LogP contribution in [0.3, 0.4) is 0 Å². The molecule has 7 heteroatoms. The lowest BCUT2D eigenvalue weighted by atomic mass is 10.2. The van der Waals surface area contributed by atoms with Gasteiger partial charge < -0.3 is 16.2 Å². The van der Waals surface area contributed by atoms with Crippen molar-refractivity contribution in [3.63, 3.8) is 0 Å². The molecule has 2 atom stereocenters. The average molecular weight is 315 g/mol. The average Bonchev–Trinajstić information content (AvgIpc) is 3.18. The lowest BCUT2D eigenvalue weighted by Crippen LogP contribution is -2.16. The summed E-state index contributed by atoms with van der Waals surface area (Å²) in [7, 11) is 0. The molecule has 0 spiro atoms. The molecule has 1 fully saturated rings. The van der Waals surface area contributed by atoms with Gasteiger partial charge in [-0.25, -0.2) is 4.98 Å². The van der Waals surface area contributed by atoms with Gasteiger partial charge in [-0.3, -0.25) is 5.10 Å². The van der Waals surface area contributed by atoms with Gasteiger partial charge in [0.2, 0.25) is 0 Å². The lowest BCUT2D eigenvalue weighted by Gasteiger charge is -2.14. The van der Waals surface area contributed by atoms with Gasteiger partial charge in [-0.05, 0) is 31.4 Å². The predicted molar refractivity (Wildman–Crippen MR) is 88.9 cm³/mol. The Bertz CT molecular complexity index is 798. The van der Waals surface area contributed by atoms with Crippen LogP contribution < -0.4 is 11.1 Å². The molecule has 1 aliphatic carbocycles. The second kappa shape index (κ2) is 5.26. The van der Waals surface area contributed by atoms with Gasteiger partial charge in [0, 0.05) is 18.3 Å². The van der Waals surface area contributed by atoms with Crippen molar-refractivity contribution in [2.45, 2.75) is 31.4 Å². The molecule has 0 amide bonds. The van der Waals surface area contributed by atoms with Crippen LogP contribution in [0.1, 0.15) is 19.3 Å². The topological polar surface area (TPSA) is 99.9 Å². The zero-order valence-corrected chi connectivity index (χ0v) is 12.7.